The summed E-state index contributed by atoms with van der Waals surface area (Å²) in [6, 6.07) is 17.6. The maximum absolute atomic E-state index is 13.4. The summed E-state index contributed by atoms with van der Waals surface area (Å²) in [7, 11) is 2.98. The van der Waals surface area contributed by atoms with E-state index in [0.29, 0.717) is 17.6 Å². The lowest BCUT2D eigenvalue weighted by Crippen LogP contribution is -2.36. The number of dihydropyridines is 1. The molecule has 5 nitrogen and oxygen atoms in total. The molecule has 1 N–H and O–H groups in total. The Balaban J connectivity index is 1.80. The van der Waals surface area contributed by atoms with Gasteiger partial charge in [-0.05, 0) is 42.5 Å². The number of hydrogen-bond acceptors (Lipinski definition) is 5. The zero-order valence-corrected chi connectivity index (χ0v) is 17.4. The van der Waals surface area contributed by atoms with Gasteiger partial charge in [0.1, 0.15) is 5.75 Å². The molecule has 0 aromatic heterocycles. The molecule has 0 spiro atoms. The molecule has 4 rings (SSSR count). The van der Waals surface area contributed by atoms with Gasteiger partial charge in [-0.15, -0.1) is 0 Å². The fraction of sp³-hybridized carbons (Fsp3) is 0.280. The van der Waals surface area contributed by atoms with E-state index in [1.165, 1.54) is 7.11 Å². The van der Waals surface area contributed by atoms with Gasteiger partial charge >= 0.3 is 5.97 Å². The monoisotopic (exact) mass is 403 g/mol. The summed E-state index contributed by atoms with van der Waals surface area (Å²) in [5.74, 6) is 0.0248. The van der Waals surface area contributed by atoms with Crippen LogP contribution in [0.3, 0.4) is 0 Å². The molecule has 2 atom stereocenters. The largest absolute Gasteiger partial charge is 0.497 e. The highest BCUT2D eigenvalue weighted by Crippen LogP contribution is 2.45. The second kappa shape index (κ2) is 8.19. The van der Waals surface area contributed by atoms with Crippen LogP contribution < -0.4 is 10.1 Å². The molecular formula is C25H25NO4. The van der Waals surface area contributed by atoms with Crippen molar-refractivity contribution in [1.29, 1.82) is 0 Å². The van der Waals surface area contributed by atoms with E-state index < -0.39 is 11.9 Å². The molecule has 1 aliphatic heterocycles. The number of benzene rings is 2. The number of nitrogens with one attached hydrogen (secondary N) is 1. The zero-order chi connectivity index (χ0) is 21.3. The van der Waals surface area contributed by atoms with E-state index in [9.17, 15) is 9.59 Å². The second-order valence-electron chi connectivity index (χ2n) is 7.69. The van der Waals surface area contributed by atoms with Crippen LogP contribution in [-0.2, 0) is 14.3 Å². The number of Topliss-reactive ketones (excluding diaryl/α,β-unsaturated/α-hetero) is 1. The Morgan fingerprint density at radius 2 is 1.67 bits per heavy atom. The van der Waals surface area contributed by atoms with Gasteiger partial charge in [0.25, 0.3) is 0 Å². The van der Waals surface area contributed by atoms with E-state index in [1.807, 2.05) is 49.4 Å². The maximum atomic E-state index is 13.4. The number of allylic oxidation sites excluding steroid dienone is 3. The number of hydrogen-bond donors (Lipinski definition) is 1. The van der Waals surface area contributed by atoms with Gasteiger partial charge in [-0.25, -0.2) is 4.79 Å². The van der Waals surface area contributed by atoms with Crippen molar-refractivity contribution >= 4 is 11.8 Å². The summed E-state index contributed by atoms with van der Waals surface area (Å²) >= 11 is 0. The molecule has 30 heavy (non-hydrogen) atoms. The average molecular weight is 403 g/mol. The molecule has 0 unspecified atom stereocenters. The Bertz CT molecular complexity index is 1030. The summed E-state index contributed by atoms with van der Waals surface area (Å²) in [5, 5.41) is 3.35. The quantitative estimate of drug-likeness (QED) is 0.774. The van der Waals surface area contributed by atoms with Crippen LogP contribution in [0, 0.1) is 0 Å². The lowest BCUT2D eigenvalue weighted by Gasteiger charge is -2.36. The first-order valence-corrected chi connectivity index (χ1v) is 10.0. The lowest BCUT2D eigenvalue weighted by atomic mass is 9.72. The Labute approximate surface area is 176 Å². The molecule has 2 aliphatic rings. The Morgan fingerprint density at radius 1 is 0.967 bits per heavy atom. The molecule has 5 heteroatoms. The van der Waals surface area contributed by atoms with Crippen molar-refractivity contribution in [2.24, 2.45) is 0 Å². The van der Waals surface area contributed by atoms with Crippen LogP contribution in [0.4, 0.5) is 0 Å². The fourth-order valence-electron chi connectivity index (χ4n) is 4.51. The molecular weight excluding hydrogens is 378 g/mol. The summed E-state index contributed by atoms with van der Waals surface area (Å²) in [6.45, 7) is 1.86. The predicted molar refractivity (Wildman–Crippen MR) is 114 cm³/mol. The summed E-state index contributed by atoms with van der Waals surface area (Å²) in [4.78, 5) is 26.1. The summed E-state index contributed by atoms with van der Waals surface area (Å²) in [6.07, 6.45) is 1.15. The molecule has 1 heterocycles. The highest BCUT2D eigenvalue weighted by atomic mass is 16.5. The third kappa shape index (κ3) is 3.52. The predicted octanol–water partition coefficient (Wildman–Crippen LogP) is 4.23. The van der Waals surface area contributed by atoms with Crippen LogP contribution >= 0.6 is 0 Å². The Kier molecular flexibility index (Phi) is 5.44. The minimum atomic E-state index is -0.455. The minimum Gasteiger partial charge on any atom is -0.497 e. The molecule has 0 saturated heterocycles. The third-order valence-corrected chi connectivity index (χ3v) is 5.95. The highest BCUT2D eigenvalue weighted by molar-refractivity contribution is 6.04. The van der Waals surface area contributed by atoms with E-state index in [0.717, 1.165) is 34.7 Å². The molecule has 0 fully saturated rings. The number of esters is 1. The third-order valence-electron chi connectivity index (χ3n) is 5.95. The van der Waals surface area contributed by atoms with Crippen molar-refractivity contribution in [3.63, 3.8) is 0 Å². The van der Waals surface area contributed by atoms with Crippen LogP contribution in [0.25, 0.3) is 0 Å². The zero-order valence-electron chi connectivity index (χ0n) is 17.4. The van der Waals surface area contributed by atoms with Gasteiger partial charge in [0.05, 0.1) is 19.8 Å². The average Bonchev–Trinajstić information content (AvgIpc) is 2.78. The van der Waals surface area contributed by atoms with Gasteiger partial charge in [-0.1, -0.05) is 42.5 Å². The van der Waals surface area contributed by atoms with Crippen molar-refractivity contribution in [3.05, 3.63) is 88.3 Å². The number of carbonyl (C=O) groups is 2. The van der Waals surface area contributed by atoms with Gasteiger partial charge in [0.15, 0.2) is 5.78 Å². The van der Waals surface area contributed by atoms with Crippen LogP contribution in [0.15, 0.2) is 77.1 Å². The molecule has 0 radical (unpaired) electrons. The Hall–Kier alpha value is -3.34. The normalized spacial score (nSPS) is 21.1. The maximum Gasteiger partial charge on any atom is 0.336 e. The van der Waals surface area contributed by atoms with Crippen LogP contribution in [0.1, 0.15) is 42.7 Å². The first kappa shape index (κ1) is 20.0. The first-order valence-electron chi connectivity index (χ1n) is 10.0. The van der Waals surface area contributed by atoms with Gasteiger partial charge in [0, 0.05) is 29.3 Å². The van der Waals surface area contributed by atoms with Crippen LogP contribution in [0.5, 0.6) is 5.75 Å². The molecule has 1 aliphatic carbocycles. The molecule has 2 aromatic rings. The van der Waals surface area contributed by atoms with Gasteiger partial charge in [-0.3, -0.25) is 4.79 Å². The van der Waals surface area contributed by atoms with Gasteiger partial charge < -0.3 is 14.8 Å². The van der Waals surface area contributed by atoms with Crippen LogP contribution in [-0.4, -0.2) is 26.0 Å². The summed E-state index contributed by atoms with van der Waals surface area (Å²) < 4.78 is 10.3. The molecule has 154 valence electrons. The van der Waals surface area contributed by atoms with E-state index in [-0.39, 0.29) is 11.7 Å². The first-order chi connectivity index (χ1) is 14.5. The standard InChI is InChI=1S/C25H25NO4/c1-15-22(25(28)30-3)23(17-9-11-19(29-2)12-10-17)24-20(26-15)13-18(14-21(24)27)16-7-5-4-6-8-16/h4-12,18,23,26H,13-14H2,1-3H3/t18-,23+/m1/s1. The van der Waals surface area contributed by atoms with E-state index in [2.05, 4.69) is 17.4 Å². The van der Waals surface area contributed by atoms with E-state index >= 15 is 0 Å². The van der Waals surface area contributed by atoms with Crippen molar-refractivity contribution in [1.82, 2.24) is 5.32 Å². The smallest absolute Gasteiger partial charge is 0.336 e. The number of ether oxygens (including phenoxy) is 2. The van der Waals surface area contributed by atoms with Crippen molar-refractivity contribution in [3.8, 4) is 5.75 Å². The van der Waals surface area contributed by atoms with Crippen molar-refractivity contribution in [2.75, 3.05) is 14.2 Å². The van der Waals surface area contributed by atoms with Gasteiger partial charge in [-0.2, -0.15) is 0 Å². The van der Waals surface area contributed by atoms with Crippen molar-refractivity contribution in [2.45, 2.75) is 31.6 Å². The number of methoxy groups -OCH3 is 2. The molecule has 0 bridgehead atoms. The number of rotatable bonds is 4. The Morgan fingerprint density at radius 3 is 2.30 bits per heavy atom. The summed E-state index contributed by atoms with van der Waals surface area (Å²) in [5.41, 5.74) is 4.79. The van der Waals surface area contributed by atoms with E-state index in [4.69, 9.17) is 9.47 Å². The second-order valence-corrected chi connectivity index (χ2v) is 7.69. The highest BCUT2D eigenvalue weighted by Gasteiger charge is 2.41. The number of carbonyl (C=O) groups excluding carboxylic acids is 2. The molecule has 0 saturated carbocycles. The molecule has 0 amide bonds. The SMILES string of the molecule is COC(=O)C1=C(C)NC2=C(C(=O)C[C@H](c3ccccc3)C2)[C@H]1c1ccc(OC)cc1. The topological polar surface area (TPSA) is 64.6 Å². The number of ketones is 1. The minimum absolute atomic E-state index is 0.0623. The van der Waals surface area contributed by atoms with E-state index in [1.54, 1.807) is 7.11 Å². The van der Waals surface area contributed by atoms with Crippen LogP contribution in [0.2, 0.25) is 0 Å². The lowest BCUT2D eigenvalue weighted by molar-refractivity contribution is -0.136. The van der Waals surface area contributed by atoms with Gasteiger partial charge in [0.2, 0.25) is 0 Å². The van der Waals surface area contributed by atoms with Crippen molar-refractivity contribution < 1.29 is 19.1 Å². The fourth-order valence-corrected chi connectivity index (χ4v) is 4.51. The molecule has 2 aromatic carbocycles.